The molecule has 0 radical (unpaired) electrons. The number of benzene rings is 1. The van der Waals surface area contributed by atoms with Gasteiger partial charge in [0.2, 0.25) is 0 Å². The van der Waals surface area contributed by atoms with Crippen LogP contribution in [0.3, 0.4) is 0 Å². The summed E-state index contributed by atoms with van der Waals surface area (Å²) < 4.78 is 0. The van der Waals surface area contributed by atoms with Crippen LogP contribution in [0, 0.1) is 0 Å². The Labute approximate surface area is 121 Å². The Bertz CT molecular complexity index is 578. The molecule has 0 spiro atoms. The summed E-state index contributed by atoms with van der Waals surface area (Å²) in [7, 11) is 0. The molecule has 0 fully saturated rings. The molecule has 2 rings (SSSR count). The zero-order valence-corrected chi connectivity index (χ0v) is 12.1. The highest BCUT2D eigenvalue weighted by Gasteiger charge is 2.12. The minimum absolute atomic E-state index is 0.0852. The van der Waals surface area contributed by atoms with Gasteiger partial charge in [0.05, 0.1) is 15.6 Å². The third-order valence-electron chi connectivity index (χ3n) is 2.72. The van der Waals surface area contributed by atoms with Gasteiger partial charge in [-0.2, -0.15) is 0 Å². The number of ketones is 1. The SMILES string of the molecule is CCC(=O)c1sc(NCc2ccc(Cl)cc2)cc1N. The van der Waals surface area contributed by atoms with Crippen molar-refractivity contribution < 1.29 is 4.79 Å². The molecule has 0 amide bonds. The number of carbonyl (C=O) groups excluding carboxylic acids is 1. The van der Waals surface area contributed by atoms with Gasteiger partial charge in [-0.15, -0.1) is 11.3 Å². The Hall–Kier alpha value is -1.52. The summed E-state index contributed by atoms with van der Waals surface area (Å²) >= 11 is 7.23. The molecule has 0 aliphatic rings. The second-order valence-electron chi connectivity index (χ2n) is 4.15. The fourth-order valence-electron chi connectivity index (χ4n) is 1.66. The van der Waals surface area contributed by atoms with Gasteiger partial charge in [-0.25, -0.2) is 0 Å². The van der Waals surface area contributed by atoms with Crippen molar-refractivity contribution in [2.75, 3.05) is 11.1 Å². The zero-order valence-electron chi connectivity index (χ0n) is 10.6. The summed E-state index contributed by atoms with van der Waals surface area (Å²) in [5.41, 5.74) is 7.51. The van der Waals surface area contributed by atoms with Crippen LogP contribution >= 0.6 is 22.9 Å². The fourth-order valence-corrected chi connectivity index (χ4v) is 2.77. The first-order valence-corrected chi connectivity index (χ1v) is 7.20. The zero-order chi connectivity index (χ0) is 13.8. The van der Waals surface area contributed by atoms with Crippen molar-refractivity contribution in [1.29, 1.82) is 0 Å². The van der Waals surface area contributed by atoms with E-state index in [4.69, 9.17) is 17.3 Å². The number of carbonyl (C=O) groups is 1. The minimum Gasteiger partial charge on any atom is -0.397 e. The number of hydrogen-bond donors (Lipinski definition) is 2. The Morgan fingerprint density at radius 3 is 2.68 bits per heavy atom. The fraction of sp³-hybridized carbons (Fsp3) is 0.214. The molecule has 0 aliphatic heterocycles. The van der Waals surface area contributed by atoms with Gasteiger partial charge in [-0.3, -0.25) is 4.79 Å². The van der Waals surface area contributed by atoms with Crippen molar-refractivity contribution >= 4 is 39.4 Å². The lowest BCUT2D eigenvalue weighted by Crippen LogP contribution is -1.97. The number of nitrogen functional groups attached to an aromatic ring is 1. The second kappa shape index (κ2) is 6.08. The van der Waals surface area contributed by atoms with Crippen LogP contribution in [0.2, 0.25) is 5.02 Å². The number of Topliss-reactive ketones (excluding diaryl/α,β-unsaturated/α-hetero) is 1. The van der Waals surface area contributed by atoms with Gasteiger partial charge in [0.25, 0.3) is 0 Å². The van der Waals surface area contributed by atoms with Gasteiger partial charge in [0.1, 0.15) is 0 Å². The van der Waals surface area contributed by atoms with Crippen LogP contribution in [-0.2, 0) is 6.54 Å². The van der Waals surface area contributed by atoms with E-state index in [0.29, 0.717) is 23.5 Å². The predicted octanol–water partition coefficient (Wildman–Crippen LogP) is 4.19. The Kier molecular flexibility index (Phi) is 4.45. The molecule has 3 N–H and O–H groups in total. The van der Waals surface area contributed by atoms with Crippen molar-refractivity contribution in [1.82, 2.24) is 0 Å². The highest BCUT2D eigenvalue weighted by molar-refractivity contribution is 7.18. The summed E-state index contributed by atoms with van der Waals surface area (Å²) in [5, 5.41) is 4.89. The molecule has 0 bridgehead atoms. The molecule has 0 aliphatic carbocycles. The minimum atomic E-state index is 0.0852. The van der Waals surface area contributed by atoms with Crippen LogP contribution in [0.15, 0.2) is 30.3 Å². The third kappa shape index (κ3) is 3.49. The highest BCUT2D eigenvalue weighted by Crippen LogP contribution is 2.30. The first-order valence-electron chi connectivity index (χ1n) is 6.01. The maximum absolute atomic E-state index is 11.6. The Morgan fingerprint density at radius 2 is 2.05 bits per heavy atom. The standard InChI is InChI=1S/C14H15ClN2OS/c1-2-12(18)14-11(16)7-13(19-14)17-8-9-3-5-10(15)6-4-9/h3-7,17H,2,8,16H2,1H3. The summed E-state index contributed by atoms with van der Waals surface area (Å²) in [6.07, 6.45) is 0.474. The van der Waals surface area contributed by atoms with Gasteiger partial charge < -0.3 is 11.1 Å². The Morgan fingerprint density at radius 1 is 1.37 bits per heavy atom. The first-order chi connectivity index (χ1) is 9.10. The number of rotatable bonds is 5. The average molecular weight is 295 g/mol. The summed E-state index contributed by atoms with van der Waals surface area (Å²) in [4.78, 5) is 12.3. The molecule has 0 saturated carbocycles. The topological polar surface area (TPSA) is 55.1 Å². The largest absolute Gasteiger partial charge is 0.397 e. The van der Waals surface area contributed by atoms with Crippen molar-refractivity contribution in [2.24, 2.45) is 0 Å². The van der Waals surface area contributed by atoms with Crippen LogP contribution in [0.1, 0.15) is 28.6 Å². The van der Waals surface area contributed by atoms with E-state index < -0.39 is 0 Å². The normalized spacial score (nSPS) is 10.4. The molecule has 3 nitrogen and oxygen atoms in total. The average Bonchev–Trinajstić information content (AvgIpc) is 2.78. The van der Waals surface area contributed by atoms with E-state index in [2.05, 4.69) is 5.32 Å². The lowest BCUT2D eigenvalue weighted by molar-refractivity contribution is 0.0993. The number of nitrogens with two attached hydrogens (primary N) is 1. The maximum atomic E-state index is 11.6. The second-order valence-corrected chi connectivity index (χ2v) is 5.64. The number of anilines is 2. The third-order valence-corrected chi connectivity index (χ3v) is 4.12. The van der Waals surface area contributed by atoms with Gasteiger partial charge in [-0.1, -0.05) is 30.7 Å². The van der Waals surface area contributed by atoms with Gasteiger partial charge >= 0.3 is 0 Å². The highest BCUT2D eigenvalue weighted by atomic mass is 35.5. The predicted molar refractivity (Wildman–Crippen MR) is 82.1 cm³/mol. The molecule has 100 valence electrons. The molecule has 1 heterocycles. The number of nitrogens with one attached hydrogen (secondary N) is 1. The number of thiophene rings is 1. The van der Waals surface area contributed by atoms with E-state index >= 15 is 0 Å². The van der Waals surface area contributed by atoms with Crippen LogP contribution < -0.4 is 11.1 Å². The monoisotopic (exact) mass is 294 g/mol. The van der Waals surface area contributed by atoms with Crippen molar-refractivity contribution in [3.05, 3.63) is 45.8 Å². The summed E-state index contributed by atoms with van der Waals surface area (Å²) in [6.45, 7) is 2.51. The lowest BCUT2D eigenvalue weighted by atomic mass is 10.2. The van der Waals surface area contributed by atoms with Gasteiger partial charge in [0.15, 0.2) is 5.78 Å². The van der Waals surface area contributed by atoms with E-state index in [-0.39, 0.29) is 5.78 Å². The van der Waals surface area contributed by atoms with Crippen molar-refractivity contribution in [2.45, 2.75) is 19.9 Å². The molecule has 0 unspecified atom stereocenters. The molecule has 0 atom stereocenters. The molecule has 19 heavy (non-hydrogen) atoms. The maximum Gasteiger partial charge on any atom is 0.174 e. The summed E-state index contributed by atoms with van der Waals surface area (Å²) in [5.74, 6) is 0.0852. The van der Waals surface area contributed by atoms with Crippen LogP contribution in [0.5, 0.6) is 0 Å². The molecule has 2 aromatic rings. The van der Waals surface area contributed by atoms with E-state index in [1.165, 1.54) is 11.3 Å². The molecule has 5 heteroatoms. The van der Waals surface area contributed by atoms with Crippen LogP contribution in [0.4, 0.5) is 10.7 Å². The number of halogens is 1. The van der Waals surface area contributed by atoms with Gasteiger partial charge in [-0.05, 0) is 23.8 Å². The van der Waals surface area contributed by atoms with Crippen LogP contribution in [-0.4, -0.2) is 5.78 Å². The molecular weight excluding hydrogens is 280 g/mol. The number of hydrogen-bond acceptors (Lipinski definition) is 4. The van der Waals surface area contributed by atoms with Gasteiger partial charge in [0, 0.05) is 18.0 Å². The quantitative estimate of drug-likeness (QED) is 0.813. The smallest absolute Gasteiger partial charge is 0.174 e. The van der Waals surface area contributed by atoms with Crippen LogP contribution in [0.25, 0.3) is 0 Å². The first kappa shape index (κ1) is 13.9. The molecular formula is C14H15ClN2OS. The molecule has 1 aromatic carbocycles. The van der Waals surface area contributed by atoms with Crippen molar-refractivity contribution in [3.63, 3.8) is 0 Å². The lowest BCUT2D eigenvalue weighted by Gasteiger charge is -2.03. The van der Waals surface area contributed by atoms with E-state index in [1.807, 2.05) is 37.3 Å². The van der Waals surface area contributed by atoms with E-state index in [0.717, 1.165) is 15.6 Å². The molecule has 1 aromatic heterocycles. The van der Waals surface area contributed by atoms with E-state index in [9.17, 15) is 4.79 Å². The Balaban J connectivity index is 2.04. The van der Waals surface area contributed by atoms with E-state index in [1.54, 1.807) is 0 Å². The molecule has 0 saturated heterocycles. The summed E-state index contributed by atoms with van der Waals surface area (Å²) in [6, 6.07) is 9.44. The van der Waals surface area contributed by atoms with Crippen molar-refractivity contribution in [3.8, 4) is 0 Å².